The number of aryl methyl sites for hydroxylation is 1. The lowest BCUT2D eigenvalue weighted by atomic mass is 9.75. The minimum atomic E-state index is -0.426. The number of Topliss-reactive ketones (excluding diaryl/α,β-unsaturated/α-hetero) is 1. The molecule has 8 nitrogen and oxygen atoms in total. The van der Waals surface area contributed by atoms with Crippen molar-refractivity contribution < 1.29 is 9.59 Å². The number of hydrogen-bond donors (Lipinski definition) is 2. The summed E-state index contributed by atoms with van der Waals surface area (Å²) in [6.45, 7) is 0. The van der Waals surface area contributed by atoms with E-state index in [1.807, 2.05) is 24.3 Å². The molecule has 0 spiro atoms. The summed E-state index contributed by atoms with van der Waals surface area (Å²) in [5.41, 5.74) is 3.10. The summed E-state index contributed by atoms with van der Waals surface area (Å²) in [7, 11) is 1.65. The summed E-state index contributed by atoms with van der Waals surface area (Å²) in [5.74, 6) is -1.05. The second-order valence-electron chi connectivity index (χ2n) is 7.54. The fourth-order valence-corrected chi connectivity index (χ4v) is 4.09. The number of hydrogen-bond acceptors (Lipinski definition) is 5. The standard InChI is InChI=1S/C22H22N6O2/c1-28-20(12-23)19(13-25-28)26-22(30)17-5-3-2-4-16(17)21(29)15-8-6-14(7-9-15)18-10-11-24-27-18/h6-11,13,16-17H,2-5H2,1H3,(H,24,27)(H,26,30)/t16-,17-/m1/s1. The maximum atomic E-state index is 13.2. The Hall–Kier alpha value is -3.73. The third-order valence-electron chi connectivity index (χ3n) is 5.72. The molecule has 8 heteroatoms. The van der Waals surface area contributed by atoms with Crippen LogP contribution in [0, 0.1) is 23.2 Å². The first-order chi connectivity index (χ1) is 14.6. The van der Waals surface area contributed by atoms with E-state index in [-0.39, 0.29) is 23.3 Å². The van der Waals surface area contributed by atoms with Crippen LogP contribution in [0.4, 0.5) is 5.69 Å². The van der Waals surface area contributed by atoms with Crippen molar-refractivity contribution >= 4 is 17.4 Å². The van der Waals surface area contributed by atoms with Gasteiger partial charge in [-0.25, -0.2) is 0 Å². The summed E-state index contributed by atoms with van der Waals surface area (Å²) in [6.07, 6.45) is 6.29. The number of carbonyl (C=O) groups excluding carboxylic acids is 2. The molecule has 0 radical (unpaired) electrons. The molecule has 152 valence electrons. The Kier molecular flexibility index (Phi) is 5.44. The summed E-state index contributed by atoms with van der Waals surface area (Å²) in [4.78, 5) is 26.2. The number of ketones is 1. The van der Waals surface area contributed by atoms with Gasteiger partial charge in [-0.15, -0.1) is 0 Å². The fourth-order valence-electron chi connectivity index (χ4n) is 4.09. The Morgan fingerprint density at radius 1 is 1.17 bits per heavy atom. The SMILES string of the molecule is Cn1ncc(NC(=O)[C@@H]2CCCC[C@H]2C(=O)c2ccc(-c3ccn[nH]3)cc2)c1C#N. The molecule has 3 aromatic rings. The maximum Gasteiger partial charge on any atom is 0.228 e. The molecule has 1 aliphatic carbocycles. The maximum absolute atomic E-state index is 13.2. The van der Waals surface area contributed by atoms with E-state index in [0.29, 0.717) is 24.1 Å². The predicted octanol–water partition coefficient (Wildman–Crippen LogP) is 3.31. The third-order valence-corrected chi connectivity index (χ3v) is 5.72. The minimum absolute atomic E-state index is 0.0160. The lowest BCUT2D eigenvalue weighted by molar-refractivity contribution is -0.122. The van der Waals surface area contributed by atoms with Crippen molar-refractivity contribution in [1.82, 2.24) is 20.0 Å². The van der Waals surface area contributed by atoms with Crippen molar-refractivity contribution in [2.75, 3.05) is 5.32 Å². The van der Waals surface area contributed by atoms with E-state index < -0.39 is 5.92 Å². The van der Waals surface area contributed by atoms with Gasteiger partial charge in [0.05, 0.1) is 17.6 Å². The Labute approximate surface area is 173 Å². The third kappa shape index (κ3) is 3.74. The van der Waals surface area contributed by atoms with E-state index in [4.69, 9.17) is 0 Å². The van der Waals surface area contributed by atoms with Gasteiger partial charge in [-0.1, -0.05) is 37.1 Å². The molecule has 0 unspecified atom stereocenters. The van der Waals surface area contributed by atoms with Crippen LogP contribution in [0.5, 0.6) is 0 Å². The molecule has 2 aromatic heterocycles. The molecule has 4 rings (SSSR count). The first-order valence-corrected chi connectivity index (χ1v) is 9.95. The van der Waals surface area contributed by atoms with Crippen molar-refractivity contribution in [3.8, 4) is 17.3 Å². The number of amides is 1. The summed E-state index contributed by atoms with van der Waals surface area (Å²) >= 11 is 0. The zero-order valence-electron chi connectivity index (χ0n) is 16.6. The largest absolute Gasteiger partial charge is 0.322 e. The molecule has 1 aliphatic rings. The number of nitrogens with zero attached hydrogens (tertiary/aromatic N) is 4. The van der Waals surface area contributed by atoms with E-state index in [0.717, 1.165) is 24.1 Å². The zero-order valence-corrected chi connectivity index (χ0v) is 16.6. The normalized spacial score (nSPS) is 18.5. The van der Waals surface area contributed by atoms with Gasteiger partial charge in [0.25, 0.3) is 0 Å². The van der Waals surface area contributed by atoms with Gasteiger partial charge in [-0.2, -0.15) is 15.5 Å². The van der Waals surface area contributed by atoms with Gasteiger partial charge in [-0.05, 0) is 24.5 Å². The molecule has 0 aliphatic heterocycles. The Bertz CT molecular complexity index is 1090. The molecule has 0 saturated heterocycles. The summed E-state index contributed by atoms with van der Waals surface area (Å²) in [6, 6.07) is 11.3. The predicted molar refractivity (Wildman–Crippen MR) is 110 cm³/mol. The smallest absolute Gasteiger partial charge is 0.228 e. The van der Waals surface area contributed by atoms with E-state index in [2.05, 4.69) is 20.6 Å². The second-order valence-corrected chi connectivity index (χ2v) is 7.54. The van der Waals surface area contributed by atoms with E-state index in [1.165, 1.54) is 10.9 Å². The number of carbonyl (C=O) groups is 2. The number of nitrogens with one attached hydrogen (secondary N) is 2. The molecular weight excluding hydrogens is 380 g/mol. The number of aromatic nitrogens is 4. The number of aromatic amines is 1. The monoisotopic (exact) mass is 402 g/mol. The zero-order chi connectivity index (χ0) is 21.1. The van der Waals surface area contributed by atoms with Crippen LogP contribution in [-0.2, 0) is 11.8 Å². The van der Waals surface area contributed by atoms with Crippen LogP contribution < -0.4 is 5.32 Å². The van der Waals surface area contributed by atoms with Gasteiger partial charge in [-0.3, -0.25) is 19.4 Å². The lowest BCUT2D eigenvalue weighted by Gasteiger charge is -2.29. The molecular formula is C22H22N6O2. The topological polar surface area (TPSA) is 116 Å². The highest BCUT2D eigenvalue weighted by atomic mass is 16.2. The highest BCUT2D eigenvalue weighted by molar-refractivity contribution is 6.03. The summed E-state index contributed by atoms with van der Waals surface area (Å²) in [5, 5.41) is 22.9. The highest BCUT2D eigenvalue weighted by Gasteiger charge is 2.36. The molecule has 2 heterocycles. The van der Waals surface area contributed by atoms with Gasteiger partial charge in [0, 0.05) is 30.6 Å². The molecule has 1 amide bonds. The second kappa shape index (κ2) is 8.33. The number of benzene rings is 1. The minimum Gasteiger partial charge on any atom is -0.322 e. The Morgan fingerprint density at radius 2 is 1.90 bits per heavy atom. The highest BCUT2D eigenvalue weighted by Crippen LogP contribution is 2.34. The van der Waals surface area contributed by atoms with Crippen molar-refractivity contribution in [3.05, 3.63) is 54.0 Å². The molecule has 2 atom stereocenters. The van der Waals surface area contributed by atoms with Gasteiger partial charge in [0.15, 0.2) is 11.5 Å². The Balaban J connectivity index is 1.52. The number of rotatable bonds is 5. The van der Waals surface area contributed by atoms with Gasteiger partial charge in [0.2, 0.25) is 5.91 Å². The van der Waals surface area contributed by atoms with Crippen LogP contribution in [0.3, 0.4) is 0 Å². The summed E-state index contributed by atoms with van der Waals surface area (Å²) < 4.78 is 1.42. The first-order valence-electron chi connectivity index (χ1n) is 9.95. The van der Waals surface area contributed by atoms with Crippen molar-refractivity contribution in [1.29, 1.82) is 5.26 Å². The fraction of sp³-hybridized carbons (Fsp3) is 0.318. The number of anilines is 1. The number of nitriles is 1. The van der Waals surface area contributed by atoms with E-state index in [9.17, 15) is 14.9 Å². The lowest BCUT2D eigenvalue weighted by Crippen LogP contribution is -2.36. The number of H-pyrrole nitrogens is 1. The van der Waals surface area contributed by atoms with Crippen LogP contribution in [-0.4, -0.2) is 31.7 Å². The van der Waals surface area contributed by atoms with E-state index in [1.54, 1.807) is 25.4 Å². The van der Waals surface area contributed by atoms with Gasteiger partial charge >= 0.3 is 0 Å². The van der Waals surface area contributed by atoms with Gasteiger partial charge < -0.3 is 5.32 Å². The van der Waals surface area contributed by atoms with Crippen LogP contribution in [0.15, 0.2) is 42.7 Å². The molecule has 1 aromatic carbocycles. The average Bonchev–Trinajstić information content (AvgIpc) is 3.43. The van der Waals surface area contributed by atoms with Crippen molar-refractivity contribution in [2.45, 2.75) is 25.7 Å². The van der Waals surface area contributed by atoms with Crippen LogP contribution in [0.2, 0.25) is 0 Å². The molecule has 0 bridgehead atoms. The van der Waals surface area contributed by atoms with Crippen LogP contribution >= 0.6 is 0 Å². The molecule has 1 fully saturated rings. The molecule has 2 N–H and O–H groups in total. The Morgan fingerprint density at radius 3 is 2.57 bits per heavy atom. The van der Waals surface area contributed by atoms with Crippen LogP contribution in [0.1, 0.15) is 41.7 Å². The van der Waals surface area contributed by atoms with Crippen molar-refractivity contribution in [3.63, 3.8) is 0 Å². The van der Waals surface area contributed by atoms with Crippen molar-refractivity contribution in [2.24, 2.45) is 18.9 Å². The quantitative estimate of drug-likeness (QED) is 0.635. The first kappa shape index (κ1) is 19.6. The molecule has 30 heavy (non-hydrogen) atoms. The van der Waals surface area contributed by atoms with E-state index >= 15 is 0 Å². The average molecular weight is 402 g/mol. The van der Waals surface area contributed by atoms with Crippen LogP contribution in [0.25, 0.3) is 11.3 Å². The van der Waals surface area contributed by atoms with Gasteiger partial charge in [0.1, 0.15) is 6.07 Å². The molecule has 1 saturated carbocycles.